The van der Waals surface area contributed by atoms with E-state index in [4.69, 9.17) is 20.8 Å². The average Bonchev–Trinajstić information content (AvgIpc) is 2.95. The molecular weight excluding hydrogens is 402 g/mol. The zero-order valence-corrected chi connectivity index (χ0v) is 16.4. The first-order valence-electron chi connectivity index (χ1n) is 8.74. The number of fused-ring (bicyclic) bond motifs is 1. The second-order valence-electron chi connectivity index (χ2n) is 6.76. The van der Waals surface area contributed by atoms with Crippen molar-refractivity contribution in [3.05, 3.63) is 62.1 Å². The number of hydrogen-bond acceptors (Lipinski definition) is 6. The first kappa shape index (κ1) is 20.4. The number of nitrogens with zero attached hydrogens (tertiary/aromatic N) is 2. The Morgan fingerprint density at radius 1 is 1.31 bits per heavy atom. The highest BCUT2D eigenvalue weighted by molar-refractivity contribution is 6.32. The number of halogens is 1. The highest BCUT2D eigenvalue weighted by Crippen LogP contribution is 2.28. The predicted octanol–water partition coefficient (Wildman–Crippen LogP) is 3.83. The number of amides is 1. The van der Waals surface area contributed by atoms with Crippen molar-refractivity contribution in [2.24, 2.45) is 5.92 Å². The Morgan fingerprint density at radius 2 is 2.07 bits per heavy atom. The normalized spacial score (nSPS) is 11.0. The van der Waals surface area contributed by atoms with E-state index in [1.165, 1.54) is 12.1 Å². The summed E-state index contributed by atoms with van der Waals surface area (Å²) in [5.74, 6) is -0.418. The summed E-state index contributed by atoms with van der Waals surface area (Å²) in [6, 6.07) is 8.58. The van der Waals surface area contributed by atoms with Gasteiger partial charge in [-0.25, -0.2) is 4.79 Å². The van der Waals surface area contributed by atoms with Crippen LogP contribution in [-0.4, -0.2) is 22.0 Å². The number of nitrogens with one attached hydrogen (secondary N) is 1. The van der Waals surface area contributed by atoms with Crippen molar-refractivity contribution in [1.29, 1.82) is 0 Å². The molecule has 1 aromatic heterocycles. The molecule has 3 rings (SSSR count). The Labute approximate surface area is 170 Å². The predicted molar refractivity (Wildman–Crippen MR) is 108 cm³/mol. The Morgan fingerprint density at radius 3 is 2.72 bits per heavy atom. The van der Waals surface area contributed by atoms with Crippen LogP contribution in [0.15, 0.2) is 45.6 Å². The van der Waals surface area contributed by atoms with Crippen LogP contribution >= 0.6 is 11.6 Å². The minimum absolute atomic E-state index is 0.0340. The number of benzene rings is 2. The van der Waals surface area contributed by atoms with E-state index in [9.17, 15) is 19.7 Å². The van der Waals surface area contributed by atoms with Gasteiger partial charge in [0.05, 0.1) is 28.1 Å². The lowest BCUT2D eigenvalue weighted by Crippen LogP contribution is -2.24. The summed E-state index contributed by atoms with van der Waals surface area (Å²) in [5, 5.41) is 13.8. The van der Waals surface area contributed by atoms with Crippen molar-refractivity contribution in [1.82, 2.24) is 4.57 Å². The number of oxazole rings is 1. The summed E-state index contributed by atoms with van der Waals surface area (Å²) in [7, 11) is 0. The summed E-state index contributed by atoms with van der Waals surface area (Å²) >= 11 is 6.18. The van der Waals surface area contributed by atoms with Crippen LogP contribution < -0.4 is 15.8 Å². The molecular formula is C19H18ClN3O6. The molecule has 0 aliphatic carbocycles. The summed E-state index contributed by atoms with van der Waals surface area (Å²) in [6.45, 7) is 4.22. The van der Waals surface area contributed by atoms with Crippen LogP contribution in [-0.2, 0) is 11.3 Å². The number of rotatable bonds is 7. The molecule has 0 saturated heterocycles. The van der Waals surface area contributed by atoms with Crippen LogP contribution in [0.25, 0.3) is 11.1 Å². The number of nitro benzene ring substituents is 1. The Bertz CT molecular complexity index is 1130. The highest BCUT2D eigenvalue weighted by atomic mass is 35.5. The summed E-state index contributed by atoms with van der Waals surface area (Å²) in [4.78, 5) is 34.7. The highest BCUT2D eigenvalue weighted by Gasteiger charge is 2.16. The van der Waals surface area contributed by atoms with Gasteiger partial charge >= 0.3 is 5.76 Å². The molecule has 0 radical (unpaired) electrons. The van der Waals surface area contributed by atoms with Crippen LogP contribution in [0.3, 0.4) is 0 Å². The minimum atomic E-state index is -0.786. The van der Waals surface area contributed by atoms with Gasteiger partial charge in [0.2, 0.25) is 5.91 Å². The summed E-state index contributed by atoms with van der Waals surface area (Å²) in [5.41, 5.74) is 0.545. The van der Waals surface area contributed by atoms with Crippen LogP contribution in [0.4, 0.5) is 11.4 Å². The molecule has 3 aromatic rings. The van der Waals surface area contributed by atoms with E-state index in [0.29, 0.717) is 29.0 Å². The Kier molecular flexibility index (Phi) is 5.88. The molecule has 0 unspecified atom stereocenters. The van der Waals surface area contributed by atoms with E-state index in [1.54, 1.807) is 18.2 Å². The van der Waals surface area contributed by atoms with Crippen LogP contribution in [0.2, 0.25) is 5.02 Å². The van der Waals surface area contributed by atoms with Gasteiger partial charge in [0.15, 0.2) is 5.58 Å². The van der Waals surface area contributed by atoms with E-state index in [1.807, 2.05) is 13.8 Å². The molecule has 0 bridgehead atoms. The molecule has 2 aromatic carbocycles. The van der Waals surface area contributed by atoms with Crippen LogP contribution in [0, 0.1) is 16.0 Å². The van der Waals surface area contributed by atoms with Gasteiger partial charge in [-0.05, 0) is 30.2 Å². The van der Waals surface area contributed by atoms with Gasteiger partial charge in [0, 0.05) is 11.8 Å². The standard InChI is InChI=1S/C19H18ClN3O6/c1-11(2)10-28-16-6-3-12(7-14(16)20)21-18(24)9-22-15-5-4-13(23(26)27)8-17(15)29-19(22)25/h3-8,11H,9-10H2,1-2H3,(H,21,24). The number of carbonyl (C=O) groups is 1. The van der Waals surface area contributed by atoms with Gasteiger partial charge in [-0.3, -0.25) is 19.5 Å². The number of hydrogen-bond donors (Lipinski definition) is 1. The van der Waals surface area contributed by atoms with Crippen molar-refractivity contribution < 1.29 is 18.9 Å². The second-order valence-corrected chi connectivity index (χ2v) is 7.17. The molecule has 9 nitrogen and oxygen atoms in total. The van der Waals surface area contributed by atoms with Gasteiger partial charge < -0.3 is 14.5 Å². The molecule has 1 amide bonds. The van der Waals surface area contributed by atoms with Gasteiger partial charge in [-0.2, -0.15) is 0 Å². The molecule has 10 heteroatoms. The number of carbonyl (C=O) groups excluding carboxylic acids is 1. The van der Waals surface area contributed by atoms with Crippen molar-refractivity contribution >= 4 is 40.0 Å². The molecule has 0 fully saturated rings. The van der Waals surface area contributed by atoms with Gasteiger partial charge in [0.1, 0.15) is 12.3 Å². The number of aromatic nitrogens is 1. The molecule has 29 heavy (non-hydrogen) atoms. The Hall–Kier alpha value is -3.33. The average molecular weight is 420 g/mol. The largest absolute Gasteiger partial charge is 0.492 e. The molecule has 0 saturated carbocycles. The molecule has 1 heterocycles. The third-order valence-corrected chi connectivity index (χ3v) is 4.25. The van der Waals surface area contributed by atoms with E-state index < -0.39 is 16.6 Å². The van der Waals surface area contributed by atoms with E-state index in [-0.39, 0.29) is 23.3 Å². The lowest BCUT2D eigenvalue weighted by Gasteiger charge is -2.12. The molecule has 0 aliphatic heterocycles. The third kappa shape index (κ3) is 4.75. The number of non-ortho nitro benzene ring substituents is 1. The van der Waals surface area contributed by atoms with E-state index in [0.717, 1.165) is 10.6 Å². The second kappa shape index (κ2) is 8.36. The third-order valence-electron chi connectivity index (χ3n) is 3.95. The summed E-state index contributed by atoms with van der Waals surface area (Å²) in [6.07, 6.45) is 0. The lowest BCUT2D eigenvalue weighted by molar-refractivity contribution is -0.384. The Balaban J connectivity index is 1.74. The van der Waals surface area contributed by atoms with Gasteiger partial charge in [-0.1, -0.05) is 25.4 Å². The molecule has 152 valence electrons. The molecule has 0 aliphatic rings. The number of anilines is 1. The minimum Gasteiger partial charge on any atom is -0.492 e. The van der Waals surface area contributed by atoms with Gasteiger partial charge in [-0.15, -0.1) is 0 Å². The summed E-state index contributed by atoms with van der Waals surface area (Å²) < 4.78 is 11.7. The van der Waals surface area contributed by atoms with Crippen molar-refractivity contribution in [2.75, 3.05) is 11.9 Å². The zero-order chi connectivity index (χ0) is 21.1. The fourth-order valence-corrected chi connectivity index (χ4v) is 2.85. The van der Waals surface area contributed by atoms with Crippen LogP contribution in [0.5, 0.6) is 5.75 Å². The lowest BCUT2D eigenvalue weighted by atomic mass is 10.2. The monoisotopic (exact) mass is 419 g/mol. The number of nitro groups is 1. The zero-order valence-electron chi connectivity index (χ0n) is 15.7. The molecule has 0 spiro atoms. The topological polar surface area (TPSA) is 117 Å². The fourth-order valence-electron chi connectivity index (χ4n) is 2.61. The van der Waals surface area contributed by atoms with Crippen molar-refractivity contribution in [2.45, 2.75) is 20.4 Å². The van der Waals surface area contributed by atoms with Gasteiger partial charge in [0.25, 0.3) is 5.69 Å². The molecule has 0 atom stereocenters. The maximum atomic E-state index is 12.4. The maximum Gasteiger partial charge on any atom is 0.420 e. The quantitative estimate of drug-likeness (QED) is 0.459. The van der Waals surface area contributed by atoms with Crippen molar-refractivity contribution in [3.63, 3.8) is 0 Å². The first-order valence-corrected chi connectivity index (χ1v) is 9.12. The fraction of sp³-hybridized carbons (Fsp3) is 0.263. The SMILES string of the molecule is CC(C)COc1ccc(NC(=O)Cn2c(=O)oc3cc([N+](=O)[O-])ccc32)cc1Cl. The van der Waals surface area contributed by atoms with Crippen LogP contribution in [0.1, 0.15) is 13.8 Å². The van der Waals surface area contributed by atoms with E-state index >= 15 is 0 Å². The van der Waals surface area contributed by atoms with Crippen molar-refractivity contribution in [3.8, 4) is 5.75 Å². The van der Waals surface area contributed by atoms with E-state index in [2.05, 4.69) is 5.32 Å². The molecule has 1 N–H and O–H groups in total. The first-order chi connectivity index (χ1) is 13.7. The number of ether oxygens (including phenoxy) is 1. The smallest absolute Gasteiger partial charge is 0.420 e. The maximum absolute atomic E-state index is 12.4.